The monoisotopic (exact) mass is 307 g/mol. The molecule has 2 aromatic carbocycles. The lowest BCUT2D eigenvalue weighted by Gasteiger charge is -2.29. The van der Waals surface area contributed by atoms with Gasteiger partial charge in [-0.25, -0.2) is 9.97 Å². The van der Waals surface area contributed by atoms with Crippen LogP contribution in [0.25, 0.3) is 0 Å². The summed E-state index contributed by atoms with van der Waals surface area (Å²) in [5.74, 6) is 0. The molecule has 0 saturated heterocycles. The highest BCUT2D eigenvalue weighted by Crippen LogP contribution is 2.36. The highest BCUT2D eigenvalue weighted by Gasteiger charge is 2.34. The number of nitro benzene ring substituents is 1. The molecule has 1 aromatic heterocycles. The van der Waals surface area contributed by atoms with Gasteiger partial charge in [-0.2, -0.15) is 0 Å². The Morgan fingerprint density at radius 2 is 1.43 bits per heavy atom. The van der Waals surface area contributed by atoms with Crippen LogP contribution >= 0.6 is 0 Å². The molecule has 0 radical (unpaired) electrons. The van der Waals surface area contributed by atoms with Gasteiger partial charge >= 0.3 is 0 Å². The molecule has 0 bridgehead atoms. The minimum Gasteiger partial charge on any atom is -0.376 e. The average Bonchev–Trinajstić information content (AvgIpc) is 2.62. The van der Waals surface area contributed by atoms with Gasteiger partial charge in [0.2, 0.25) is 0 Å². The summed E-state index contributed by atoms with van der Waals surface area (Å²) in [6, 6.07) is 14.9. The molecule has 6 heteroatoms. The van der Waals surface area contributed by atoms with E-state index < -0.39 is 10.5 Å². The fraction of sp³-hybridized carbons (Fsp3) is 0.0588. The second-order valence-corrected chi connectivity index (χ2v) is 5.01. The Bertz CT molecular complexity index is 766. The van der Waals surface area contributed by atoms with E-state index in [1.807, 2.05) is 18.2 Å². The van der Waals surface area contributed by atoms with Crippen molar-refractivity contribution in [3.63, 3.8) is 0 Å². The highest BCUT2D eigenvalue weighted by atomic mass is 16.6. The first kappa shape index (κ1) is 14.8. The van der Waals surface area contributed by atoms with E-state index in [4.69, 9.17) is 0 Å². The summed E-state index contributed by atoms with van der Waals surface area (Å²) in [5, 5.41) is 22.2. The third-order valence-corrected chi connectivity index (χ3v) is 3.67. The fourth-order valence-corrected chi connectivity index (χ4v) is 2.49. The Labute approximate surface area is 132 Å². The van der Waals surface area contributed by atoms with Crippen LogP contribution in [0.3, 0.4) is 0 Å². The van der Waals surface area contributed by atoms with Gasteiger partial charge in [0.05, 0.1) is 4.92 Å². The maximum atomic E-state index is 11.4. The van der Waals surface area contributed by atoms with Crippen molar-refractivity contribution in [1.29, 1.82) is 0 Å². The molecule has 0 saturated carbocycles. The number of non-ortho nitro benzene ring substituents is 1. The SMILES string of the molecule is O=[N+]([O-])c1ccc(C(O)(c2ccccc2)c2cncnc2)cc1. The first-order valence-electron chi connectivity index (χ1n) is 6.90. The van der Waals surface area contributed by atoms with Crippen LogP contribution in [0.2, 0.25) is 0 Å². The quantitative estimate of drug-likeness (QED) is 0.591. The number of benzene rings is 2. The zero-order valence-electron chi connectivity index (χ0n) is 12.0. The number of hydrogen-bond donors (Lipinski definition) is 1. The molecule has 1 N–H and O–H groups in total. The Morgan fingerprint density at radius 3 is 2.00 bits per heavy atom. The minimum atomic E-state index is -1.49. The molecule has 6 nitrogen and oxygen atoms in total. The summed E-state index contributed by atoms with van der Waals surface area (Å²) in [4.78, 5) is 18.3. The average molecular weight is 307 g/mol. The fourth-order valence-electron chi connectivity index (χ4n) is 2.49. The normalized spacial score (nSPS) is 13.3. The molecule has 0 spiro atoms. The lowest BCUT2D eigenvalue weighted by molar-refractivity contribution is -0.384. The van der Waals surface area contributed by atoms with Crippen molar-refractivity contribution < 1.29 is 10.0 Å². The molecule has 23 heavy (non-hydrogen) atoms. The van der Waals surface area contributed by atoms with Crippen molar-refractivity contribution in [1.82, 2.24) is 9.97 Å². The van der Waals surface area contributed by atoms with Crippen LogP contribution in [0.4, 0.5) is 5.69 Å². The van der Waals surface area contributed by atoms with Gasteiger partial charge in [-0.05, 0) is 23.3 Å². The van der Waals surface area contributed by atoms with Crippen molar-refractivity contribution in [2.45, 2.75) is 5.60 Å². The highest BCUT2D eigenvalue weighted by molar-refractivity contribution is 5.47. The topological polar surface area (TPSA) is 89.2 Å². The summed E-state index contributed by atoms with van der Waals surface area (Å²) in [7, 11) is 0. The van der Waals surface area contributed by atoms with Crippen molar-refractivity contribution in [3.8, 4) is 0 Å². The van der Waals surface area contributed by atoms with Crippen LogP contribution in [0, 0.1) is 10.1 Å². The van der Waals surface area contributed by atoms with Crippen molar-refractivity contribution in [3.05, 3.63) is 100 Å². The zero-order valence-corrected chi connectivity index (χ0v) is 12.0. The van der Waals surface area contributed by atoms with Crippen molar-refractivity contribution >= 4 is 5.69 Å². The molecular formula is C17H13N3O3. The number of aliphatic hydroxyl groups is 1. The maximum absolute atomic E-state index is 11.4. The Morgan fingerprint density at radius 1 is 0.870 bits per heavy atom. The Hall–Kier alpha value is -3.12. The molecule has 0 fully saturated rings. The van der Waals surface area contributed by atoms with Gasteiger partial charge in [0, 0.05) is 30.1 Å². The predicted molar refractivity (Wildman–Crippen MR) is 83.7 cm³/mol. The summed E-state index contributed by atoms with van der Waals surface area (Å²) in [5.41, 5.74) is 0.0961. The summed E-state index contributed by atoms with van der Waals surface area (Å²) < 4.78 is 0. The molecular weight excluding hydrogens is 294 g/mol. The van der Waals surface area contributed by atoms with Gasteiger partial charge in [0.25, 0.3) is 5.69 Å². The molecule has 1 atom stereocenters. The number of rotatable bonds is 4. The molecule has 3 rings (SSSR count). The van der Waals surface area contributed by atoms with Crippen LogP contribution in [0.5, 0.6) is 0 Å². The van der Waals surface area contributed by atoms with Crippen LogP contribution in [0.1, 0.15) is 16.7 Å². The summed E-state index contributed by atoms with van der Waals surface area (Å²) in [6.07, 6.45) is 4.44. The number of aromatic nitrogens is 2. The van der Waals surface area contributed by atoms with Gasteiger partial charge in [0.1, 0.15) is 11.9 Å². The Balaban J connectivity index is 2.18. The first-order chi connectivity index (χ1) is 11.1. The van der Waals surface area contributed by atoms with E-state index in [0.29, 0.717) is 16.7 Å². The first-order valence-corrected chi connectivity index (χ1v) is 6.90. The molecule has 3 aromatic rings. The van der Waals surface area contributed by atoms with Crippen molar-refractivity contribution in [2.24, 2.45) is 0 Å². The molecule has 0 aliphatic carbocycles. The van der Waals surface area contributed by atoms with Crippen LogP contribution in [0.15, 0.2) is 73.3 Å². The second kappa shape index (κ2) is 5.94. The van der Waals surface area contributed by atoms with Gasteiger partial charge in [-0.3, -0.25) is 10.1 Å². The Kier molecular flexibility index (Phi) is 3.82. The summed E-state index contributed by atoms with van der Waals surface area (Å²) in [6.45, 7) is 0. The number of hydrogen-bond acceptors (Lipinski definition) is 5. The molecule has 1 unspecified atom stereocenters. The van der Waals surface area contributed by atoms with Gasteiger partial charge in [-0.1, -0.05) is 30.3 Å². The van der Waals surface area contributed by atoms with Crippen LogP contribution in [-0.4, -0.2) is 20.0 Å². The number of nitro groups is 1. The standard InChI is InChI=1S/C17H13N3O3/c21-17(13-4-2-1-3-5-13,15-10-18-12-19-11-15)14-6-8-16(9-7-14)20(22)23/h1-12,21H. The predicted octanol–water partition coefficient (Wildman–Crippen LogP) is 2.67. The van der Waals surface area contributed by atoms with E-state index in [0.717, 1.165) is 0 Å². The molecule has 0 amide bonds. The van der Waals surface area contributed by atoms with Crippen LogP contribution < -0.4 is 0 Å². The largest absolute Gasteiger partial charge is 0.376 e. The van der Waals surface area contributed by atoms with E-state index in [1.165, 1.54) is 43.0 Å². The summed E-state index contributed by atoms with van der Waals surface area (Å²) >= 11 is 0. The van der Waals surface area contributed by atoms with E-state index in [-0.39, 0.29) is 5.69 Å². The smallest absolute Gasteiger partial charge is 0.269 e. The van der Waals surface area contributed by atoms with Crippen molar-refractivity contribution in [2.75, 3.05) is 0 Å². The van der Waals surface area contributed by atoms with E-state index in [2.05, 4.69) is 9.97 Å². The lowest BCUT2D eigenvalue weighted by Crippen LogP contribution is -2.29. The van der Waals surface area contributed by atoms with E-state index in [9.17, 15) is 15.2 Å². The minimum absolute atomic E-state index is 0.0338. The van der Waals surface area contributed by atoms with Gasteiger partial charge < -0.3 is 5.11 Å². The second-order valence-electron chi connectivity index (χ2n) is 5.01. The molecule has 0 aliphatic heterocycles. The van der Waals surface area contributed by atoms with Crippen LogP contribution in [-0.2, 0) is 5.60 Å². The third-order valence-electron chi connectivity index (χ3n) is 3.67. The van der Waals surface area contributed by atoms with Gasteiger partial charge in [0.15, 0.2) is 0 Å². The molecule has 1 heterocycles. The van der Waals surface area contributed by atoms with Gasteiger partial charge in [-0.15, -0.1) is 0 Å². The van der Waals surface area contributed by atoms with E-state index >= 15 is 0 Å². The number of nitrogens with zero attached hydrogens (tertiary/aromatic N) is 3. The molecule has 0 aliphatic rings. The van der Waals surface area contributed by atoms with E-state index in [1.54, 1.807) is 12.1 Å². The zero-order chi connectivity index (χ0) is 16.3. The lowest BCUT2D eigenvalue weighted by atomic mass is 9.81. The molecule has 114 valence electrons. The maximum Gasteiger partial charge on any atom is 0.269 e. The third kappa shape index (κ3) is 2.67.